The van der Waals surface area contributed by atoms with Crippen molar-refractivity contribution in [3.8, 4) is 0 Å². The maximum absolute atomic E-state index is 14.5. The number of amides is 2. The van der Waals surface area contributed by atoms with Crippen LogP contribution >= 0.6 is 0 Å². The maximum atomic E-state index is 14.5. The van der Waals surface area contributed by atoms with Gasteiger partial charge in [0.15, 0.2) is 0 Å². The van der Waals surface area contributed by atoms with Gasteiger partial charge in [-0.1, -0.05) is 45.0 Å². The smallest absolute Gasteiger partial charge is 0.335 e. The fraction of sp³-hybridized carbons (Fsp3) is 0.207. The fourth-order valence-electron chi connectivity index (χ4n) is 4.12. The zero-order chi connectivity index (χ0) is 26.7. The summed E-state index contributed by atoms with van der Waals surface area (Å²) in [6.07, 6.45) is 0.350. The summed E-state index contributed by atoms with van der Waals surface area (Å²) < 4.78 is 16.2. The summed E-state index contributed by atoms with van der Waals surface area (Å²) in [5.41, 5.74) is 2.14. The maximum Gasteiger partial charge on any atom is 0.335 e. The van der Waals surface area contributed by atoms with Crippen molar-refractivity contribution in [3.63, 3.8) is 0 Å². The number of rotatable bonds is 7. The number of aromatic nitrogens is 1. The van der Waals surface area contributed by atoms with Crippen molar-refractivity contribution in [2.75, 3.05) is 10.6 Å². The molecule has 7 nitrogen and oxygen atoms in total. The van der Waals surface area contributed by atoms with E-state index in [1.54, 1.807) is 59.2 Å². The van der Waals surface area contributed by atoms with Crippen molar-refractivity contribution in [2.24, 2.45) is 5.41 Å². The molecule has 0 saturated carbocycles. The van der Waals surface area contributed by atoms with Crippen molar-refractivity contribution in [2.45, 2.75) is 33.7 Å². The molecule has 37 heavy (non-hydrogen) atoms. The standard InChI is InChI=1S/C29H28FN3O4/c1-29(2,3)16-26(34)31-22-11-12-24-20(14-22)15-25(33(24)17-19-7-4-5-10-23(19)30)27(35)32-21-9-6-8-18(13-21)28(36)37/h4-15H,16-17H2,1-3H3,(H,31,34)(H,32,35)(H,36,37). The number of halogens is 1. The number of nitrogens with zero attached hydrogens (tertiary/aromatic N) is 1. The Bertz CT molecular complexity index is 1500. The van der Waals surface area contributed by atoms with Gasteiger partial charge in [0.05, 0.1) is 12.1 Å². The Kier molecular flexibility index (Phi) is 7.11. The molecule has 0 aliphatic rings. The van der Waals surface area contributed by atoms with Crippen LogP contribution in [0.3, 0.4) is 0 Å². The predicted molar refractivity (Wildman–Crippen MR) is 141 cm³/mol. The van der Waals surface area contributed by atoms with Crippen molar-refractivity contribution in [1.82, 2.24) is 4.57 Å². The van der Waals surface area contributed by atoms with Crippen LogP contribution in [-0.4, -0.2) is 27.5 Å². The van der Waals surface area contributed by atoms with E-state index in [4.69, 9.17) is 0 Å². The molecule has 0 unspecified atom stereocenters. The summed E-state index contributed by atoms with van der Waals surface area (Å²) in [7, 11) is 0. The van der Waals surface area contributed by atoms with Crippen molar-refractivity contribution < 1.29 is 23.9 Å². The van der Waals surface area contributed by atoms with E-state index in [1.165, 1.54) is 18.2 Å². The van der Waals surface area contributed by atoms with Gasteiger partial charge in [0, 0.05) is 34.3 Å². The molecule has 0 saturated heterocycles. The van der Waals surface area contributed by atoms with Crippen molar-refractivity contribution in [1.29, 1.82) is 0 Å². The minimum atomic E-state index is -1.11. The second-order valence-electron chi connectivity index (χ2n) is 10.1. The zero-order valence-corrected chi connectivity index (χ0v) is 20.8. The minimum absolute atomic E-state index is 0.0420. The highest BCUT2D eigenvalue weighted by Crippen LogP contribution is 2.27. The number of carboxylic acids is 1. The lowest BCUT2D eigenvalue weighted by Crippen LogP contribution is -2.19. The quantitative estimate of drug-likeness (QED) is 0.283. The molecule has 4 rings (SSSR count). The number of carbonyl (C=O) groups excluding carboxylic acids is 2. The van der Waals surface area contributed by atoms with Gasteiger partial charge >= 0.3 is 5.97 Å². The van der Waals surface area contributed by atoms with Gasteiger partial charge in [-0.2, -0.15) is 0 Å². The Labute approximate surface area is 213 Å². The van der Waals surface area contributed by atoms with Gasteiger partial charge in [-0.3, -0.25) is 9.59 Å². The molecule has 0 fully saturated rings. The molecule has 3 N–H and O–H groups in total. The fourth-order valence-corrected chi connectivity index (χ4v) is 4.12. The van der Waals surface area contributed by atoms with E-state index >= 15 is 0 Å². The van der Waals surface area contributed by atoms with E-state index in [2.05, 4.69) is 10.6 Å². The number of nitrogens with one attached hydrogen (secondary N) is 2. The Balaban J connectivity index is 1.72. The molecule has 0 aliphatic carbocycles. The van der Waals surface area contributed by atoms with Crippen LogP contribution in [0.25, 0.3) is 10.9 Å². The van der Waals surface area contributed by atoms with E-state index in [-0.39, 0.29) is 29.1 Å². The number of aromatic carboxylic acids is 1. The predicted octanol–water partition coefficient (Wildman–Crippen LogP) is 6.15. The lowest BCUT2D eigenvalue weighted by molar-refractivity contribution is -0.117. The molecule has 1 aromatic heterocycles. The van der Waals surface area contributed by atoms with Gasteiger partial charge < -0.3 is 20.3 Å². The molecule has 3 aromatic carbocycles. The summed E-state index contributed by atoms with van der Waals surface area (Å²) in [5.74, 6) is -2.09. The molecule has 0 aliphatic heterocycles. The Hall–Kier alpha value is -4.46. The molecular weight excluding hydrogens is 473 g/mol. The summed E-state index contributed by atoms with van der Waals surface area (Å²) >= 11 is 0. The highest BCUT2D eigenvalue weighted by atomic mass is 19.1. The Morgan fingerprint density at radius 1 is 0.892 bits per heavy atom. The van der Waals surface area contributed by atoms with Gasteiger partial charge in [-0.15, -0.1) is 0 Å². The third-order valence-corrected chi connectivity index (χ3v) is 5.76. The van der Waals surface area contributed by atoms with Crippen LogP contribution < -0.4 is 10.6 Å². The minimum Gasteiger partial charge on any atom is -0.478 e. The lowest BCUT2D eigenvalue weighted by Gasteiger charge is -2.17. The highest BCUT2D eigenvalue weighted by Gasteiger charge is 2.20. The highest BCUT2D eigenvalue weighted by molar-refractivity contribution is 6.07. The first-order valence-electron chi connectivity index (χ1n) is 11.8. The number of hydrogen-bond acceptors (Lipinski definition) is 3. The molecule has 0 atom stereocenters. The number of carbonyl (C=O) groups is 3. The van der Waals surface area contributed by atoms with Crippen molar-refractivity contribution >= 4 is 40.1 Å². The second kappa shape index (κ2) is 10.3. The number of benzene rings is 3. The topological polar surface area (TPSA) is 100 Å². The van der Waals surface area contributed by atoms with E-state index in [1.807, 2.05) is 20.8 Å². The molecule has 0 bridgehead atoms. The first-order valence-corrected chi connectivity index (χ1v) is 11.8. The molecule has 0 spiro atoms. The van der Waals surface area contributed by atoms with E-state index in [9.17, 15) is 23.9 Å². The molecule has 1 heterocycles. The third-order valence-electron chi connectivity index (χ3n) is 5.76. The van der Waals surface area contributed by atoms with Crippen LogP contribution in [0.4, 0.5) is 15.8 Å². The van der Waals surface area contributed by atoms with Crippen molar-refractivity contribution in [3.05, 3.63) is 95.4 Å². The SMILES string of the molecule is CC(C)(C)CC(=O)Nc1ccc2c(c1)cc(C(=O)Nc1cccc(C(=O)O)c1)n2Cc1ccccc1F. The summed E-state index contributed by atoms with van der Waals surface area (Å²) in [6.45, 7) is 6.05. The second-order valence-corrected chi connectivity index (χ2v) is 10.1. The average Bonchev–Trinajstić information content (AvgIpc) is 3.17. The summed E-state index contributed by atoms with van der Waals surface area (Å²) in [5, 5.41) is 15.6. The van der Waals surface area contributed by atoms with Gasteiger partial charge in [0.25, 0.3) is 5.91 Å². The molecular formula is C29H28FN3O4. The average molecular weight is 502 g/mol. The third kappa shape index (κ3) is 6.22. The van der Waals surface area contributed by atoms with Crippen LogP contribution in [0, 0.1) is 11.2 Å². The summed E-state index contributed by atoms with van der Waals surface area (Å²) in [6, 6.07) is 19.3. The summed E-state index contributed by atoms with van der Waals surface area (Å²) in [4.78, 5) is 37.1. The Morgan fingerprint density at radius 3 is 2.32 bits per heavy atom. The van der Waals surface area contributed by atoms with Crippen LogP contribution in [0.15, 0.2) is 72.8 Å². The number of carboxylic acid groups (broad SMARTS) is 1. The van der Waals surface area contributed by atoms with Gasteiger partial charge in [-0.25, -0.2) is 9.18 Å². The molecule has 2 amide bonds. The lowest BCUT2D eigenvalue weighted by atomic mass is 9.92. The van der Waals surface area contributed by atoms with Crippen LogP contribution in [-0.2, 0) is 11.3 Å². The molecule has 4 aromatic rings. The van der Waals surface area contributed by atoms with E-state index in [0.717, 1.165) is 0 Å². The normalized spacial score (nSPS) is 11.4. The molecule has 190 valence electrons. The number of fused-ring (bicyclic) bond motifs is 1. The van der Waals surface area contributed by atoms with Gasteiger partial charge in [0.1, 0.15) is 11.5 Å². The van der Waals surface area contributed by atoms with Crippen LogP contribution in [0.5, 0.6) is 0 Å². The molecule has 0 radical (unpaired) electrons. The monoisotopic (exact) mass is 501 g/mol. The van der Waals surface area contributed by atoms with E-state index in [0.29, 0.717) is 34.3 Å². The molecule has 8 heteroatoms. The van der Waals surface area contributed by atoms with E-state index < -0.39 is 17.7 Å². The van der Waals surface area contributed by atoms with Crippen LogP contribution in [0.2, 0.25) is 0 Å². The van der Waals surface area contributed by atoms with Gasteiger partial charge in [-0.05, 0) is 53.9 Å². The number of hydrogen-bond donors (Lipinski definition) is 3. The first-order chi connectivity index (χ1) is 17.5. The van der Waals surface area contributed by atoms with Gasteiger partial charge in [0.2, 0.25) is 5.91 Å². The van der Waals surface area contributed by atoms with Crippen LogP contribution in [0.1, 0.15) is 53.6 Å². The number of anilines is 2. The Morgan fingerprint density at radius 2 is 1.62 bits per heavy atom. The largest absolute Gasteiger partial charge is 0.478 e. The first kappa shape index (κ1) is 25.6. The zero-order valence-electron chi connectivity index (χ0n) is 20.8.